The molecule has 0 aliphatic heterocycles. The molecule has 0 radical (unpaired) electrons. The Labute approximate surface area is 52.1 Å². The van der Waals surface area contributed by atoms with Gasteiger partial charge in [-0.25, -0.2) is 8.78 Å². The van der Waals surface area contributed by atoms with E-state index in [9.17, 15) is 26.3 Å². The van der Waals surface area contributed by atoms with E-state index >= 15 is 0 Å². The lowest BCUT2D eigenvalue weighted by molar-refractivity contribution is -0.111. The van der Waals surface area contributed by atoms with Crippen LogP contribution in [0.5, 0.6) is 0 Å². The molecule has 0 aliphatic rings. The number of hydrogen-bond donors (Lipinski definition) is 0. The molecule has 0 aromatic carbocycles. The van der Waals surface area contributed by atoms with Gasteiger partial charge < -0.3 is 0 Å². The van der Waals surface area contributed by atoms with Crippen molar-refractivity contribution in [2.45, 2.75) is 6.18 Å². The van der Waals surface area contributed by atoms with Crippen molar-refractivity contribution in [3.63, 3.8) is 0 Å². The first kappa shape index (κ1) is 9.32. The summed E-state index contributed by atoms with van der Waals surface area (Å²) >= 11 is 0. The fraction of sp³-hybridized carbons (Fsp3) is 0.500. The smallest absolute Gasteiger partial charge is 0.243 e. The van der Waals surface area contributed by atoms with Crippen LogP contribution in [0.15, 0.2) is 11.7 Å². The van der Waals surface area contributed by atoms with Gasteiger partial charge in [-0.1, -0.05) is 0 Å². The molecule has 0 aliphatic carbocycles. The van der Waals surface area contributed by atoms with Crippen LogP contribution in [0.3, 0.4) is 0 Å². The summed E-state index contributed by atoms with van der Waals surface area (Å²) < 4.78 is 67.0. The van der Waals surface area contributed by atoms with Gasteiger partial charge in [0.25, 0.3) is 0 Å². The van der Waals surface area contributed by atoms with Gasteiger partial charge in [0.1, 0.15) is 6.67 Å². The Morgan fingerprint density at radius 2 is 1.50 bits per heavy atom. The Morgan fingerprint density at radius 3 is 1.60 bits per heavy atom. The minimum absolute atomic E-state index is 2.08. The fourth-order valence-electron chi connectivity index (χ4n) is 0.212. The first-order valence-electron chi connectivity index (χ1n) is 2.07. The predicted molar refractivity (Wildman–Crippen MR) is 21.3 cm³/mol. The van der Waals surface area contributed by atoms with Crippen molar-refractivity contribution in [1.82, 2.24) is 0 Å². The lowest BCUT2D eigenvalue weighted by Crippen LogP contribution is -2.09. The average Bonchev–Trinajstić information content (AvgIpc) is 1.83. The molecule has 0 saturated carbocycles. The van der Waals surface area contributed by atoms with Crippen LogP contribution in [-0.2, 0) is 0 Å². The molecule has 6 heteroatoms. The molecule has 0 nitrogen and oxygen atoms in total. The molecule has 0 aromatic rings. The van der Waals surface area contributed by atoms with Gasteiger partial charge >= 0.3 is 6.18 Å². The minimum Gasteiger partial charge on any atom is -0.243 e. The second kappa shape index (κ2) is 2.94. The summed E-state index contributed by atoms with van der Waals surface area (Å²) in [5.41, 5.74) is 0. The maximum Gasteiger partial charge on any atom is 0.445 e. The highest BCUT2D eigenvalue weighted by Crippen LogP contribution is 2.29. The van der Waals surface area contributed by atoms with Gasteiger partial charge in [-0.3, -0.25) is 0 Å². The van der Waals surface area contributed by atoms with Gasteiger partial charge in [0.15, 0.2) is 5.83 Å². The zero-order valence-electron chi connectivity index (χ0n) is 4.47. The van der Waals surface area contributed by atoms with Crippen molar-refractivity contribution >= 4 is 0 Å². The third-order valence-electron chi connectivity index (χ3n) is 0.604. The maximum atomic E-state index is 11.4. The first-order valence-corrected chi connectivity index (χ1v) is 2.07. The molecule has 0 heterocycles. The summed E-state index contributed by atoms with van der Waals surface area (Å²) in [4.78, 5) is 0. The second-order valence-corrected chi connectivity index (χ2v) is 1.35. The van der Waals surface area contributed by atoms with Crippen LogP contribution in [0.1, 0.15) is 0 Å². The van der Waals surface area contributed by atoms with E-state index in [4.69, 9.17) is 0 Å². The fourth-order valence-corrected chi connectivity index (χ4v) is 0.212. The van der Waals surface area contributed by atoms with E-state index < -0.39 is 24.5 Å². The molecule has 0 bridgehead atoms. The number of halogens is 6. The lowest BCUT2D eigenvalue weighted by Gasteiger charge is -2.01. The molecule has 0 aromatic heterocycles. The second-order valence-electron chi connectivity index (χ2n) is 1.35. The summed E-state index contributed by atoms with van der Waals surface area (Å²) in [6.45, 7) is -2.08. The number of hydrogen-bond acceptors (Lipinski definition) is 0. The highest BCUT2D eigenvalue weighted by atomic mass is 19.4. The zero-order valence-corrected chi connectivity index (χ0v) is 4.47. The van der Waals surface area contributed by atoms with Crippen LogP contribution in [0.4, 0.5) is 26.3 Å². The molecule has 0 amide bonds. The molecular weight excluding hydrogens is 162 g/mol. The third-order valence-corrected chi connectivity index (χ3v) is 0.604. The monoisotopic (exact) mass is 164 g/mol. The van der Waals surface area contributed by atoms with Crippen LogP contribution in [0, 0.1) is 0 Å². The van der Waals surface area contributed by atoms with Crippen molar-refractivity contribution in [2.24, 2.45) is 0 Å². The van der Waals surface area contributed by atoms with E-state index in [2.05, 4.69) is 0 Å². The highest BCUT2D eigenvalue weighted by molar-refractivity contribution is 5.05. The zero-order chi connectivity index (χ0) is 8.36. The van der Waals surface area contributed by atoms with Gasteiger partial charge in [-0.15, -0.1) is 0 Å². The topological polar surface area (TPSA) is 0 Å². The molecule has 0 atom stereocenters. The maximum absolute atomic E-state index is 11.4. The van der Waals surface area contributed by atoms with E-state index in [1.807, 2.05) is 0 Å². The standard InChI is InChI=1S/C4H2F6/c5-1-2(6)3(7)4(8,9)10/h1H2. The van der Waals surface area contributed by atoms with Gasteiger partial charge in [-0.05, 0) is 0 Å². The summed E-state index contributed by atoms with van der Waals surface area (Å²) in [6.07, 6.45) is -5.42. The molecule has 0 unspecified atom stereocenters. The van der Waals surface area contributed by atoms with E-state index in [1.165, 1.54) is 0 Å². The number of allylic oxidation sites excluding steroid dienone is 2. The molecule has 0 rings (SSSR count). The van der Waals surface area contributed by atoms with Gasteiger partial charge in [-0.2, -0.15) is 17.6 Å². The highest BCUT2D eigenvalue weighted by Gasteiger charge is 2.37. The molecule has 0 fully saturated rings. The average molecular weight is 164 g/mol. The molecule has 10 heavy (non-hydrogen) atoms. The molecule has 0 saturated heterocycles. The Morgan fingerprint density at radius 1 is 1.10 bits per heavy atom. The molecule has 0 N–H and O–H groups in total. The van der Waals surface area contributed by atoms with Crippen molar-refractivity contribution < 1.29 is 26.3 Å². The normalized spacial score (nSPS) is 15.0. The Bertz CT molecular complexity index is 142. The van der Waals surface area contributed by atoms with Crippen LogP contribution < -0.4 is 0 Å². The summed E-state index contributed by atoms with van der Waals surface area (Å²) in [5.74, 6) is -5.43. The van der Waals surface area contributed by atoms with E-state index in [0.29, 0.717) is 0 Å². The van der Waals surface area contributed by atoms with Crippen LogP contribution in [0.25, 0.3) is 0 Å². The predicted octanol–water partition coefficient (Wildman–Crippen LogP) is 2.67. The van der Waals surface area contributed by atoms with Crippen LogP contribution in [0.2, 0.25) is 0 Å². The van der Waals surface area contributed by atoms with Crippen molar-refractivity contribution in [3.05, 3.63) is 11.7 Å². The largest absolute Gasteiger partial charge is 0.445 e. The Kier molecular flexibility index (Phi) is 2.74. The minimum atomic E-state index is -5.42. The molecular formula is C4H2F6. The van der Waals surface area contributed by atoms with Crippen molar-refractivity contribution in [2.75, 3.05) is 6.67 Å². The number of rotatable bonds is 1. The van der Waals surface area contributed by atoms with Crippen molar-refractivity contribution in [3.8, 4) is 0 Å². The summed E-state index contributed by atoms with van der Waals surface area (Å²) in [5, 5.41) is 0. The molecule has 0 spiro atoms. The van der Waals surface area contributed by atoms with E-state index in [-0.39, 0.29) is 0 Å². The van der Waals surface area contributed by atoms with Crippen LogP contribution in [-0.4, -0.2) is 12.9 Å². The Hall–Kier alpha value is -0.680. The quantitative estimate of drug-likeness (QED) is 0.522. The first-order chi connectivity index (χ1) is 4.39. The van der Waals surface area contributed by atoms with Gasteiger partial charge in [0.2, 0.25) is 5.83 Å². The summed E-state index contributed by atoms with van der Waals surface area (Å²) in [7, 11) is 0. The Balaban J connectivity index is 4.47. The number of alkyl halides is 4. The van der Waals surface area contributed by atoms with Crippen LogP contribution >= 0.6 is 0 Å². The van der Waals surface area contributed by atoms with Gasteiger partial charge in [0, 0.05) is 0 Å². The SMILES string of the molecule is FCC(F)=C(F)C(F)(F)F. The molecule has 60 valence electrons. The van der Waals surface area contributed by atoms with Gasteiger partial charge in [0.05, 0.1) is 0 Å². The summed E-state index contributed by atoms with van der Waals surface area (Å²) in [6, 6.07) is 0. The van der Waals surface area contributed by atoms with Crippen molar-refractivity contribution in [1.29, 1.82) is 0 Å². The van der Waals surface area contributed by atoms with E-state index in [0.717, 1.165) is 0 Å². The van der Waals surface area contributed by atoms with E-state index in [1.54, 1.807) is 0 Å². The lowest BCUT2D eigenvalue weighted by atomic mass is 10.4. The third kappa shape index (κ3) is 2.28.